The Morgan fingerprint density at radius 3 is 2.39 bits per heavy atom. The number of amides is 1. The summed E-state index contributed by atoms with van der Waals surface area (Å²) in [7, 11) is 1.39. The highest BCUT2D eigenvalue weighted by atomic mass is 16.7. The lowest BCUT2D eigenvalue weighted by molar-refractivity contribution is -0.222. The van der Waals surface area contributed by atoms with Crippen molar-refractivity contribution >= 4 is 23.5 Å². The minimum Gasteiger partial charge on any atom is -0.496 e. The van der Waals surface area contributed by atoms with Gasteiger partial charge < -0.3 is 25.3 Å². The highest BCUT2D eigenvalue weighted by Gasteiger charge is 2.38. The van der Waals surface area contributed by atoms with Gasteiger partial charge in [-0.3, -0.25) is 4.79 Å². The molecule has 0 atom stereocenters. The van der Waals surface area contributed by atoms with Crippen LogP contribution in [-0.2, 0) is 19.1 Å². The predicted octanol–water partition coefficient (Wildman–Crippen LogP) is 0.926. The van der Waals surface area contributed by atoms with Gasteiger partial charge >= 0.3 is 11.9 Å². The Labute approximate surface area is 132 Å². The molecule has 3 N–H and O–H groups in total. The molecule has 0 aliphatic carbocycles. The first-order chi connectivity index (χ1) is 10.7. The number of esters is 2. The molecule has 0 spiro atoms. The summed E-state index contributed by atoms with van der Waals surface area (Å²) in [6, 6.07) is 4.51. The Balaban J connectivity index is 2.21. The van der Waals surface area contributed by atoms with Crippen LogP contribution in [0.1, 0.15) is 24.2 Å². The van der Waals surface area contributed by atoms with E-state index in [1.807, 2.05) is 0 Å². The molecule has 1 heterocycles. The Kier molecular flexibility index (Phi) is 4.26. The van der Waals surface area contributed by atoms with Crippen LogP contribution in [0.2, 0.25) is 0 Å². The molecule has 1 aliphatic rings. The molecule has 0 saturated carbocycles. The number of cyclic esters (lactones) is 2. The smallest absolute Gasteiger partial charge is 0.350 e. The van der Waals surface area contributed by atoms with Crippen molar-refractivity contribution < 1.29 is 28.6 Å². The van der Waals surface area contributed by atoms with Crippen molar-refractivity contribution in [1.29, 1.82) is 0 Å². The average Bonchev–Trinajstić information content (AvgIpc) is 2.44. The molecule has 122 valence electrons. The molecule has 0 aromatic heterocycles. The zero-order chi connectivity index (χ0) is 17.2. The Morgan fingerprint density at radius 2 is 1.87 bits per heavy atom. The molecule has 1 fully saturated rings. The first-order valence-corrected chi connectivity index (χ1v) is 6.65. The highest BCUT2D eigenvalue weighted by molar-refractivity contribution is 6.15. The number of nitrogens with one attached hydrogen (secondary N) is 1. The number of carbonyl (C=O) groups excluding carboxylic acids is 3. The van der Waals surface area contributed by atoms with Crippen molar-refractivity contribution in [2.75, 3.05) is 12.4 Å². The van der Waals surface area contributed by atoms with Gasteiger partial charge in [-0.05, 0) is 12.1 Å². The van der Waals surface area contributed by atoms with E-state index < -0.39 is 23.6 Å². The number of carbonyl (C=O) groups is 3. The highest BCUT2D eigenvalue weighted by Crippen LogP contribution is 2.25. The van der Waals surface area contributed by atoms with Gasteiger partial charge in [0, 0.05) is 31.8 Å². The maximum absolute atomic E-state index is 11.8. The average molecular weight is 320 g/mol. The van der Waals surface area contributed by atoms with Gasteiger partial charge in [0.15, 0.2) is 5.57 Å². The van der Waals surface area contributed by atoms with E-state index in [9.17, 15) is 14.4 Å². The predicted molar refractivity (Wildman–Crippen MR) is 79.5 cm³/mol. The molecule has 0 radical (unpaired) electrons. The number of hydrogen-bond donors (Lipinski definition) is 2. The Hall–Kier alpha value is -3.03. The van der Waals surface area contributed by atoms with Gasteiger partial charge in [-0.15, -0.1) is 0 Å². The topological polar surface area (TPSA) is 117 Å². The second kappa shape index (κ2) is 5.99. The zero-order valence-electron chi connectivity index (χ0n) is 12.8. The Bertz CT molecular complexity index is 686. The third-order valence-electron chi connectivity index (χ3n) is 2.97. The molecule has 1 aromatic carbocycles. The van der Waals surface area contributed by atoms with Crippen LogP contribution in [0, 0.1) is 0 Å². The Morgan fingerprint density at radius 1 is 1.26 bits per heavy atom. The summed E-state index contributed by atoms with van der Waals surface area (Å²) in [5.74, 6) is -3.25. The molecular formula is C15H16N2O6. The molecule has 1 aliphatic heterocycles. The molecule has 1 amide bonds. The summed E-state index contributed by atoms with van der Waals surface area (Å²) in [5, 5.41) is 2.75. The van der Waals surface area contributed by atoms with Crippen LogP contribution in [0.4, 0.5) is 5.69 Å². The second-order valence-corrected chi connectivity index (χ2v) is 5.16. The molecule has 0 unspecified atom stereocenters. The van der Waals surface area contributed by atoms with E-state index in [-0.39, 0.29) is 16.9 Å². The van der Waals surface area contributed by atoms with Crippen LogP contribution in [0.15, 0.2) is 30.0 Å². The number of methoxy groups -OCH3 is 1. The monoisotopic (exact) mass is 320 g/mol. The molecule has 1 aromatic rings. The fourth-order valence-electron chi connectivity index (χ4n) is 1.92. The molecule has 1 saturated heterocycles. The molecule has 2 rings (SSSR count). The van der Waals surface area contributed by atoms with Crippen molar-refractivity contribution in [3.8, 4) is 5.75 Å². The van der Waals surface area contributed by atoms with E-state index in [2.05, 4.69) is 5.32 Å². The maximum Gasteiger partial charge on any atom is 0.350 e. The molecule has 8 nitrogen and oxygen atoms in total. The van der Waals surface area contributed by atoms with Crippen LogP contribution < -0.4 is 15.8 Å². The first kappa shape index (κ1) is 16.3. The van der Waals surface area contributed by atoms with Gasteiger partial charge in [-0.1, -0.05) is 0 Å². The first-order valence-electron chi connectivity index (χ1n) is 6.65. The van der Waals surface area contributed by atoms with E-state index in [0.717, 1.165) is 0 Å². The van der Waals surface area contributed by atoms with Crippen LogP contribution in [0.25, 0.3) is 0 Å². The number of primary amides is 1. The van der Waals surface area contributed by atoms with Gasteiger partial charge in [0.2, 0.25) is 0 Å². The van der Waals surface area contributed by atoms with E-state index in [0.29, 0.717) is 5.69 Å². The molecule has 0 bridgehead atoms. The number of benzene rings is 1. The number of anilines is 1. The summed E-state index contributed by atoms with van der Waals surface area (Å²) in [5.41, 5.74) is 5.63. The minimum atomic E-state index is -1.29. The lowest BCUT2D eigenvalue weighted by atomic mass is 10.1. The van der Waals surface area contributed by atoms with Crippen LogP contribution in [0.5, 0.6) is 5.75 Å². The summed E-state index contributed by atoms with van der Waals surface area (Å²) < 4.78 is 15.0. The quantitative estimate of drug-likeness (QED) is 0.481. The van der Waals surface area contributed by atoms with Crippen molar-refractivity contribution in [3.63, 3.8) is 0 Å². The fraction of sp³-hybridized carbons (Fsp3) is 0.267. The maximum atomic E-state index is 11.8. The van der Waals surface area contributed by atoms with Gasteiger partial charge in [-0.2, -0.15) is 0 Å². The molecule has 8 heteroatoms. The van der Waals surface area contributed by atoms with Gasteiger partial charge in [0.25, 0.3) is 11.7 Å². The van der Waals surface area contributed by atoms with Gasteiger partial charge in [-0.25, -0.2) is 9.59 Å². The lowest BCUT2D eigenvalue weighted by Crippen LogP contribution is -2.42. The van der Waals surface area contributed by atoms with Crippen molar-refractivity contribution in [3.05, 3.63) is 35.5 Å². The van der Waals surface area contributed by atoms with Crippen LogP contribution >= 0.6 is 0 Å². The normalized spacial score (nSPS) is 16.2. The lowest BCUT2D eigenvalue weighted by Gasteiger charge is -2.29. The third-order valence-corrected chi connectivity index (χ3v) is 2.97. The number of hydrogen-bond acceptors (Lipinski definition) is 7. The standard InChI is InChI=1S/C15H16N2O6/c1-15(2)22-13(19)10(14(20)23-15)7-17-8-4-5-9(12(16)18)11(6-8)21-3/h4-7,17H,1-3H3,(H2,16,18). The summed E-state index contributed by atoms with van der Waals surface area (Å²) >= 11 is 0. The van der Waals surface area contributed by atoms with E-state index in [1.165, 1.54) is 39.3 Å². The van der Waals surface area contributed by atoms with Crippen LogP contribution in [0.3, 0.4) is 0 Å². The number of nitrogens with two attached hydrogens (primary N) is 1. The van der Waals surface area contributed by atoms with Crippen molar-refractivity contribution in [1.82, 2.24) is 0 Å². The van der Waals surface area contributed by atoms with E-state index >= 15 is 0 Å². The SMILES string of the molecule is COc1cc(NC=C2C(=O)OC(C)(C)OC2=O)ccc1C(N)=O. The molecule has 23 heavy (non-hydrogen) atoms. The zero-order valence-corrected chi connectivity index (χ0v) is 12.8. The van der Waals surface area contributed by atoms with E-state index in [1.54, 1.807) is 6.07 Å². The van der Waals surface area contributed by atoms with E-state index in [4.69, 9.17) is 19.9 Å². The third kappa shape index (κ3) is 3.60. The summed E-state index contributed by atoms with van der Waals surface area (Å²) in [6.07, 6.45) is 1.17. The fourth-order valence-corrected chi connectivity index (χ4v) is 1.92. The largest absolute Gasteiger partial charge is 0.496 e. The minimum absolute atomic E-state index is 0.212. The van der Waals surface area contributed by atoms with Crippen LogP contribution in [-0.4, -0.2) is 30.7 Å². The van der Waals surface area contributed by atoms with Crippen molar-refractivity contribution in [2.24, 2.45) is 5.73 Å². The summed E-state index contributed by atoms with van der Waals surface area (Å²) in [4.78, 5) is 34.8. The second-order valence-electron chi connectivity index (χ2n) is 5.16. The number of rotatable bonds is 4. The van der Waals surface area contributed by atoms with Crippen molar-refractivity contribution in [2.45, 2.75) is 19.6 Å². The van der Waals surface area contributed by atoms with Gasteiger partial charge in [0.05, 0.1) is 12.7 Å². The van der Waals surface area contributed by atoms with Gasteiger partial charge in [0.1, 0.15) is 5.75 Å². The summed E-state index contributed by atoms with van der Waals surface area (Å²) in [6.45, 7) is 2.92. The molecular weight excluding hydrogens is 304 g/mol. The number of ether oxygens (including phenoxy) is 3.